The van der Waals surface area contributed by atoms with Crippen LogP contribution in [0.4, 0.5) is 14.9 Å². The van der Waals surface area contributed by atoms with Gasteiger partial charge < -0.3 is 25.4 Å². The normalized spacial score (nSPS) is 15.6. The summed E-state index contributed by atoms with van der Waals surface area (Å²) in [4.78, 5) is 34.5. The number of fused-ring (bicyclic) bond motifs is 1. The average Bonchev–Trinajstić information content (AvgIpc) is 3.40. The van der Waals surface area contributed by atoms with E-state index in [2.05, 4.69) is 20.5 Å². The van der Waals surface area contributed by atoms with Crippen LogP contribution in [-0.4, -0.2) is 59.9 Å². The third-order valence-electron chi connectivity index (χ3n) is 7.99. The number of anilines is 1. The van der Waals surface area contributed by atoms with E-state index < -0.39 is 6.04 Å². The van der Waals surface area contributed by atoms with Gasteiger partial charge in [0.2, 0.25) is 5.91 Å². The maximum Gasteiger partial charge on any atom is 0.318 e. The van der Waals surface area contributed by atoms with Crippen LogP contribution in [0.5, 0.6) is 0 Å². The molecule has 1 saturated heterocycles. The van der Waals surface area contributed by atoms with Gasteiger partial charge in [0.15, 0.2) is 0 Å². The molecule has 2 atom stereocenters. The number of benzene rings is 3. The summed E-state index contributed by atoms with van der Waals surface area (Å²) in [5, 5.41) is 7.16. The Morgan fingerprint density at radius 1 is 1.02 bits per heavy atom. The number of nitrogens with zero attached hydrogens (tertiary/aromatic N) is 2. The molecule has 1 fully saturated rings. The van der Waals surface area contributed by atoms with Crippen molar-refractivity contribution in [3.63, 3.8) is 0 Å². The second-order valence-electron chi connectivity index (χ2n) is 11.2. The van der Waals surface area contributed by atoms with Crippen molar-refractivity contribution in [2.75, 3.05) is 32.5 Å². The third kappa shape index (κ3) is 6.77. The number of hydrogen-bond acceptors (Lipinski definition) is 3. The first kappa shape index (κ1) is 28.4. The highest BCUT2D eigenvalue weighted by molar-refractivity contribution is 5.98. The molecule has 41 heavy (non-hydrogen) atoms. The minimum absolute atomic E-state index is 0.247. The lowest BCUT2D eigenvalue weighted by atomic mass is 9.89. The first-order valence-corrected chi connectivity index (χ1v) is 14.2. The number of carbonyl (C=O) groups is 2. The molecule has 8 heteroatoms. The van der Waals surface area contributed by atoms with Gasteiger partial charge in [0.05, 0.1) is 0 Å². The van der Waals surface area contributed by atoms with E-state index in [1.807, 2.05) is 87.9 Å². The van der Waals surface area contributed by atoms with Gasteiger partial charge >= 0.3 is 6.03 Å². The Kier molecular flexibility index (Phi) is 8.69. The number of amides is 3. The number of para-hydroxylation sites is 1. The summed E-state index contributed by atoms with van der Waals surface area (Å²) >= 11 is 0. The van der Waals surface area contributed by atoms with Crippen LogP contribution in [0.1, 0.15) is 48.3 Å². The molecular weight excluding hydrogens is 517 g/mol. The van der Waals surface area contributed by atoms with Crippen LogP contribution < -0.4 is 10.6 Å². The van der Waals surface area contributed by atoms with Crippen LogP contribution in [0.15, 0.2) is 79.0 Å². The van der Waals surface area contributed by atoms with Crippen LogP contribution >= 0.6 is 0 Å². The lowest BCUT2D eigenvalue weighted by Gasteiger charge is -2.34. The monoisotopic (exact) mass is 555 g/mol. The van der Waals surface area contributed by atoms with Gasteiger partial charge in [-0.25, -0.2) is 9.18 Å². The van der Waals surface area contributed by atoms with E-state index in [1.54, 1.807) is 4.90 Å². The predicted molar refractivity (Wildman–Crippen MR) is 161 cm³/mol. The summed E-state index contributed by atoms with van der Waals surface area (Å²) < 4.78 is 13.4. The molecule has 0 spiro atoms. The minimum atomic E-state index is -0.797. The molecule has 3 N–H and O–H groups in total. The molecule has 0 radical (unpaired) electrons. The fourth-order valence-electron chi connectivity index (χ4n) is 5.78. The van der Waals surface area contributed by atoms with Crippen LogP contribution in [0.3, 0.4) is 0 Å². The van der Waals surface area contributed by atoms with Crippen molar-refractivity contribution < 1.29 is 14.0 Å². The smallest absolute Gasteiger partial charge is 0.318 e. The van der Waals surface area contributed by atoms with Gasteiger partial charge in [0.1, 0.15) is 11.9 Å². The van der Waals surface area contributed by atoms with Gasteiger partial charge in [0, 0.05) is 48.3 Å². The first-order chi connectivity index (χ1) is 19.8. The van der Waals surface area contributed by atoms with E-state index in [4.69, 9.17) is 0 Å². The van der Waals surface area contributed by atoms with Crippen LogP contribution in [0.2, 0.25) is 0 Å². The van der Waals surface area contributed by atoms with Gasteiger partial charge in [-0.05, 0) is 79.9 Å². The maximum atomic E-state index is 13.8. The van der Waals surface area contributed by atoms with Crippen molar-refractivity contribution >= 4 is 28.5 Å². The van der Waals surface area contributed by atoms with E-state index in [9.17, 15) is 14.0 Å². The number of piperidine rings is 1. The predicted octanol–water partition coefficient (Wildman–Crippen LogP) is 6.07. The largest absolute Gasteiger partial charge is 0.361 e. The summed E-state index contributed by atoms with van der Waals surface area (Å²) in [6.07, 6.45) is 3.49. The van der Waals surface area contributed by atoms with Crippen LogP contribution in [0.25, 0.3) is 10.9 Å². The summed E-state index contributed by atoms with van der Waals surface area (Å²) in [6, 6.07) is 21.3. The molecule has 5 rings (SSSR count). The Bertz CT molecular complexity index is 1490. The van der Waals surface area contributed by atoms with Gasteiger partial charge in [-0.1, -0.05) is 49.4 Å². The van der Waals surface area contributed by atoms with E-state index >= 15 is 0 Å². The molecule has 3 amide bonds. The number of likely N-dealkylation sites (tertiary alicyclic amines) is 1. The number of urea groups is 1. The van der Waals surface area contributed by atoms with Crippen molar-refractivity contribution in [2.24, 2.45) is 0 Å². The topological polar surface area (TPSA) is 80.5 Å². The molecule has 3 aromatic carbocycles. The van der Waals surface area contributed by atoms with Gasteiger partial charge in [-0.3, -0.25) is 4.79 Å². The zero-order valence-electron chi connectivity index (χ0n) is 23.9. The van der Waals surface area contributed by atoms with E-state index in [0.717, 1.165) is 47.0 Å². The summed E-state index contributed by atoms with van der Waals surface area (Å²) in [5.74, 6) is -0.530. The first-order valence-electron chi connectivity index (χ1n) is 14.2. The zero-order valence-corrected chi connectivity index (χ0v) is 23.9. The second kappa shape index (κ2) is 12.6. The SMILES string of the molecule is C[C@@H](c1c[nH]c2ccccc12)[C@@H](NC(=O)N1CCC(c2ccc(F)cc2)CC1)C(=O)Nc1cccc(CN(C)C)c1. The number of carbonyl (C=O) groups excluding carboxylic acids is 2. The highest BCUT2D eigenvalue weighted by atomic mass is 19.1. The van der Waals surface area contributed by atoms with Gasteiger partial charge in [-0.2, -0.15) is 0 Å². The Balaban J connectivity index is 1.33. The van der Waals surface area contributed by atoms with Crippen molar-refractivity contribution in [1.82, 2.24) is 20.1 Å². The lowest BCUT2D eigenvalue weighted by Crippen LogP contribution is -2.53. The molecule has 4 aromatic rings. The van der Waals surface area contributed by atoms with Crippen LogP contribution in [0, 0.1) is 5.82 Å². The number of rotatable bonds is 8. The fourth-order valence-corrected chi connectivity index (χ4v) is 5.78. The third-order valence-corrected chi connectivity index (χ3v) is 7.99. The van der Waals surface area contributed by atoms with Crippen molar-refractivity contribution in [2.45, 2.75) is 44.2 Å². The lowest BCUT2D eigenvalue weighted by molar-refractivity contribution is -0.118. The standard InChI is InChI=1S/C33H38FN5O2/c1-22(29-20-35-30-10-5-4-9-28(29)30)31(32(40)36-27-8-6-7-23(19-27)21-38(2)3)37-33(41)39-17-15-25(16-18-39)24-11-13-26(34)14-12-24/h4-14,19-20,22,25,31,35H,15-18,21H2,1-3H3,(H,36,40)(H,37,41)/t22-,31+/m0/s1. The Hall–Kier alpha value is -4.17. The number of aromatic nitrogens is 1. The molecule has 214 valence electrons. The molecule has 2 heterocycles. The molecule has 1 aliphatic rings. The molecule has 7 nitrogen and oxygen atoms in total. The number of hydrogen-bond donors (Lipinski definition) is 3. The molecular formula is C33H38FN5O2. The zero-order chi connectivity index (χ0) is 28.9. The summed E-state index contributed by atoms with van der Waals surface area (Å²) in [5.41, 5.74) is 4.83. The molecule has 0 unspecified atom stereocenters. The average molecular weight is 556 g/mol. The van der Waals surface area contributed by atoms with E-state index in [1.165, 1.54) is 12.1 Å². The van der Waals surface area contributed by atoms with Crippen LogP contribution in [-0.2, 0) is 11.3 Å². The van der Waals surface area contributed by atoms with E-state index in [-0.39, 0.29) is 29.6 Å². The van der Waals surface area contributed by atoms with Crippen molar-refractivity contribution in [3.05, 3.63) is 102 Å². The Morgan fingerprint density at radius 3 is 2.49 bits per heavy atom. The maximum absolute atomic E-state index is 13.8. The van der Waals surface area contributed by atoms with Gasteiger partial charge in [0.25, 0.3) is 0 Å². The van der Waals surface area contributed by atoms with Gasteiger partial charge in [-0.15, -0.1) is 0 Å². The number of halogens is 1. The van der Waals surface area contributed by atoms with Crippen molar-refractivity contribution in [1.29, 1.82) is 0 Å². The Labute approximate surface area is 240 Å². The molecule has 0 bridgehead atoms. The minimum Gasteiger partial charge on any atom is -0.361 e. The summed E-state index contributed by atoms with van der Waals surface area (Å²) in [6.45, 7) is 3.86. The Morgan fingerprint density at radius 2 is 1.76 bits per heavy atom. The summed E-state index contributed by atoms with van der Waals surface area (Å²) in [7, 11) is 4.00. The number of aromatic amines is 1. The fraction of sp³-hybridized carbons (Fsp3) is 0.333. The van der Waals surface area contributed by atoms with Crippen molar-refractivity contribution in [3.8, 4) is 0 Å². The second-order valence-corrected chi connectivity index (χ2v) is 11.2. The van der Waals surface area contributed by atoms with E-state index in [0.29, 0.717) is 18.8 Å². The number of H-pyrrole nitrogens is 1. The molecule has 0 saturated carbocycles. The molecule has 1 aromatic heterocycles. The quantitative estimate of drug-likeness (QED) is 0.247. The highest BCUT2D eigenvalue weighted by Crippen LogP contribution is 2.30. The molecule has 1 aliphatic heterocycles. The highest BCUT2D eigenvalue weighted by Gasteiger charge is 2.32. The number of nitrogens with one attached hydrogen (secondary N) is 3. The molecule has 0 aliphatic carbocycles.